The van der Waals surface area contributed by atoms with Crippen molar-refractivity contribution in [1.29, 1.82) is 5.26 Å². The standard InChI is InChI=1S/C9H4BrNOS/c10-5-1-8(12)7-3-6(4-11)13-9(7)2-5/h1-3,12H. The summed E-state index contributed by atoms with van der Waals surface area (Å²) in [6, 6.07) is 7.26. The summed E-state index contributed by atoms with van der Waals surface area (Å²) in [6.45, 7) is 0. The Morgan fingerprint density at radius 2 is 2.15 bits per heavy atom. The lowest BCUT2D eigenvalue weighted by Crippen LogP contribution is -1.67. The van der Waals surface area contributed by atoms with Gasteiger partial charge in [0.25, 0.3) is 0 Å². The van der Waals surface area contributed by atoms with Gasteiger partial charge in [0.05, 0.1) is 0 Å². The third-order valence-corrected chi connectivity index (χ3v) is 3.14. The molecule has 2 rings (SSSR count). The van der Waals surface area contributed by atoms with Gasteiger partial charge in [0.15, 0.2) is 0 Å². The largest absolute Gasteiger partial charge is 0.507 e. The van der Waals surface area contributed by atoms with Crippen LogP contribution in [0, 0.1) is 11.3 Å². The number of phenolic OH excluding ortho intramolecular Hbond substituents is 1. The van der Waals surface area contributed by atoms with Crippen molar-refractivity contribution in [3.05, 3.63) is 27.5 Å². The van der Waals surface area contributed by atoms with Gasteiger partial charge in [-0.3, -0.25) is 0 Å². The van der Waals surface area contributed by atoms with E-state index >= 15 is 0 Å². The van der Waals surface area contributed by atoms with E-state index in [-0.39, 0.29) is 5.75 Å². The molecule has 0 spiro atoms. The molecule has 0 aliphatic heterocycles. The number of aromatic hydroxyl groups is 1. The molecule has 1 heterocycles. The average Bonchev–Trinajstić information content (AvgIpc) is 2.47. The molecule has 0 saturated heterocycles. The summed E-state index contributed by atoms with van der Waals surface area (Å²) in [6.07, 6.45) is 0. The lowest BCUT2D eigenvalue weighted by Gasteiger charge is -1.94. The zero-order valence-electron chi connectivity index (χ0n) is 6.41. The summed E-state index contributed by atoms with van der Waals surface area (Å²) in [4.78, 5) is 0.614. The van der Waals surface area contributed by atoms with Gasteiger partial charge in [0, 0.05) is 14.6 Å². The first-order valence-corrected chi connectivity index (χ1v) is 5.14. The van der Waals surface area contributed by atoms with Crippen LogP contribution in [0.3, 0.4) is 0 Å². The van der Waals surface area contributed by atoms with Gasteiger partial charge in [-0.15, -0.1) is 11.3 Å². The highest BCUT2D eigenvalue weighted by Crippen LogP contribution is 2.34. The Hall–Kier alpha value is -1.05. The monoisotopic (exact) mass is 253 g/mol. The molecule has 0 atom stereocenters. The molecule has 0 bridgehead atoms. The van der Waals surface area contributed by atoms with Crippen LogP contribution < -0.4 is 0 Å². The Morgan fingerprint density at radius 1 is 1.38 bits per heavy atom. The third kappa shape index (κ3) is 1.41. The van der Waals surface area contributed by atoms with Crippen LogP contribution in [0.15, 0.2) is 22.7 Å². The molecule has 64 valence electrons. The summed E-state index contributed by atoms with van der Waals surface area (Å²) in [5.41, 5.74) is 0. The zero-order chi connectivity index (χ0) is 9.42. The van der Waals surface area contributed by atoms with E-state index in [1.165, 1.54) is 11.3 Å². The summed E-state index contributed by atoms with van der Waals surface area (Å²) in [5, 5.41) is 18.9. The fourth-order valence-electron chi connectivity index (χ4n) is 1.14. The maximum atomic E-state index is 9.53. The Morgan fingerprint density at radius 3 is 2.85 bits per heavy atom. The number of halogens is 1. The van der Waals surface area contributed by atoms with E-state index in [1.54, 1.807) is 12.1 Å². The number of rotatable bonds is 0. The molecule has 4 heteroatoms. The van der Waals surface area contributed by atoms with Crippen LogP contribution in [-0.2, 0) is 0 Å². The van der Waals surface area contributed by atoms with Crippen LogP contribution in [-0.4, -0.2) is 5.11 Å². The number of nitriles is 1. The topological polar surface area (TPSA) is 44.0 Å². The molecular formula is C9H4BrNOS. The molecule has 0 amide bonds. The molecular weight excluding hydrogens is 250 g/mol. The molecule has 0 unspecified atom stereocenters. The molecule has 1 N–H and O–H groups in total. The normalized spacial score (nSPS) is 10.2. The van der Waals surface area contributed by atoms with E-state index in [0.29, 0.717) is 4.88 Å². The van der Waals surface area contributed by atoms with Crippen LogP contribution in [0.5, 0.6) is 5.75 Å². The Labute approximate surface area is 87.2 Å². The average molecular weight is 254 g/mol. The van der Waals surface area contributed by atoms with Crippen LogP contribution in [0.2, 0.25) is 0 Å². The molecule has 0 aliphatic rings. The predicted octanol–water partition coefficient (Wildman–Crippen LogP) is 3.24. The number of nitrogens with zero attached hydrogens (tertiary/aromatic N) is 1. The van der Waals surface area contributed by atoms with Gasteiger partial charge in [-0.1, -0.05) is 15.9 Å². The summed E-state index contributed by atoms with van der Waals surface area (Å²) < 4.78 is 1.74. The molecule has 1 aromatic carbocycles. The van der Waals surface area contributed by atoms with Crippen molar-refractivity contribution in [3.63, 3.8) is 0 Å². The van der Waals surface area contributed by atoms with Crippen molar-refractivity contribution in [3.8, 4) is 11.8 Å². The number of hydrogen-bond donors (Lipinski definition) is 1. The fourth-order valence-corrected chi connectivity index (χ4v) is 2.66. The number of fused-ring (bicyclic) bond motifs is 1. The fraction of sp³-hybridized carbons (Fsp3) is 0. The van der Waals surface area contributed by atoms with Crippen LogP contribution in [0.1, 0.15) is 4.88 Å². The smallest absolute Gasteiger partial charge is 0.125 e. The van der Waals surface area contributed by atoms with Gasteiger partial charge < -0.3 is 5.11 Å². The van der Waals surface area contributed by atoms with Crippen molar-refractivity contribution in [2.24, 2.45) is 0 Å². The lowest BCUT2D eigenvalue weighted by molar-refractivity contribution is 0.481. The summed E-state index contributed by atoms with van der Waals surface area (Å²) in [7, 11) is 0. The number of benzene rings is 1. The van der Waals surface area contributed by atoms with Gasteiger partial charge in [-0.2, -0.15) is 5.26 Å². The quantitative estimate of drug-likeness (QED) is 0.784. The first-order chi connectivity index (χ1) is 6.20. The Balaban J connectivity index is 2.84. The van der Waals surface area contributed by atoms with Gasteiger partial charge in [-0.25, -0.2) is 0 Å². The highest BCUT2D eigenvalue weighted by atomic mass is 79.9. The minimum absolute atomic E-state index is 0.210. The molecule has 0 radical (unpaired) electrons. The van der Waals surface area contributed by atoms with E-state index in [4.69, 9.17) is 5.26 Å². The maximum Gasteiger partial charge on any atom is 0.125 e. The zero-order valence-corrected chi connectivity index (χ0v) is 8.82. The van der Waals surface area contributed by atoms with E-state index in [9.17, 15) is 5.11 Å². The van der Waals surface area contributed by atoms with E-state index in [1.807, 2.05) is 6.07 Å². The lowest BCUT2D eigenvalue weighted by atomic mass is 10.2. The van der Waals surface area contributed by atoms with Crippen molar-refractivity contribution < 1.29 is 5.11 Å². The van der Waals surface area contributed by atoms with E-state index in [0.717, 1.165) is 14.6 Å². The molecule has 2 nitrogen and oxygen atoms in total. The van der Waals surface area contributed by atoms with Crippen molar-refractivity contribution in [2.45, 2.75) is 0 Å². The van der Waals surface area contributed by atoms with Crippen molar-refractivity contribution in [2.75, 3.05) is 0 Å². The van der Waals surface area contributed by atoms with Crippen LogP contribution >= 0.6 is 27.3 Å². The molecule has 0 aliphatic carbocycles. The second kappa shape index (κ2) is 3.02. The third-order valence-electron chi connectivity index (χ3n) is 1.69. The Bertz CT molecular complexity index is 512. The maximum absolute atomic E-state index is 9.53. The van der Waals surface area contributed by atoms with E-state index in [2.05, 4.69) is 22.0 Å². The first-order valence-electron chi connectivity index (χ1n) is 3.53. The minimum Gasteiger partial charge on any atom is -0.507 e. The second-order valence-corrected chi connectivity index (χ2v) is 4.56. The van der Waals surface area contributed by atoms with Gasteiger partial charge in [-0.05, 0) is 18.2 Å². The predicted molar refractivity (Wildman–Crippen MR) is 55.9 cm³/mol. The number of phenols is 1. The summed E-state index contributed by atoms with van der Waals surface area (Å²) in [5.74, 6) is 0.210. The molecule has 13 heavy (non-hydrogen) atoms. The highest BCUT2D eigenvalue weighted by molar-refractivity contribution is 9.10. The molecule has 2 aromatic rings. The Kier molecular flexibility index (Phi) is 1.98. The first kappa shape index (κ1) is 8.54. The molecule has 0 fully saturated rings. The van der Waals surface area contributed by atoms with Crippen LogP contribution in [0.4, 0.5) is 0 Å². The SMILES string of the molecule is N#Cc1cc2c(O)cc(Br)cc2s1. The molecule has 1 aromatic heterocycles. The summed E-state index contributed by atoms with van der Waals surface area (Å²) >= 11 is 4.65. The van der Waals surface area contributed by atoms with Crippen molar-refractivity contribution >= 4 is 37.4 Å². The van der Waals surface area contributed by atoms with Crippen LogP contribution in [0.25, 0.3) is 10.1 Å². The minimum atomic E-state index is 0.210. The molecule has 0 saturated carbocycles. The number of hydrogen-bond acceptors (Lipinski definition) is 3. The van der Waals surface area contributed by atoms with Gasteiger partial charge in [0.1, 0.15) is 16.7 Å². The van der Waals surface area contributed by atoms with Gasteiger partial charge >= 0.3 is 0 Å². The van der Waals surface area contributed by atoms with Crippen molar-refractivity contribution in [1.82, 2.24) is 0 Å². The number of thiophene rings is 1. The highest BCUT2D eigenvalue weighted by Gasteiger charge is 2.06. The van der Waals surface area contributed by atoms with Gasteiger partial charge in [0.2, 0.25) is 0 Å². The second-order valence-electron chi connectivity index (χ2n) is 2.56. The van der Waals surface area contributed by atoms with E-state index < -0.39 is 0 Å².